The van der Waals surface area contributed by atoms with Crippen LogP contribution in [-0.2, 0) is 4.74 Å². The molecule has 0 aromatic carbocycles. The van der Waals surface area contributed by atoms with Gasteiger partial charge in [-0.3, -0.25) is 0 Å². The fourth-order valence-electron chi connectivity index (χ4n) is 2.62. The van der Waals surface area contributed by atoms with Crippen LogP contribution in [0.3, 0.4) is 0 Å². The van der Waals surface area contributed by atoms with Crippen LogP contribution < -0.4 is 0 Å². The third-order valence-electron chi connectivity index (χ3n) is 3.86. The quantitative estimate of drug-likeness (QED) is 0.737. The molecule has 1 saturated carbocycles. The van der Waals surface area contributed by atoms with Gasteiger partial charge in [0.05, 0.1) is 6.61 Å². The van der Waals surface area contributed by atoms with Crippen molar-refractivity contribution in [3.8, 4) is 0 Å². The van der Waals surface area contributed by atoms with Crippen molar-refractivity contribution < 1.29 is 9.53 Å². The first-order valence-electron chi connectivity index (χ1n) is 7.84. The zero-order valence-corrected chi connectivity index (χ0v) is 13.2. The van der Waals surface area contributed by atoms with Crippen LogP contribution in [0.4, 0.5) is 4.79 Å². The first kappa shape index (κ1) is 16.3. The summed E-state index contributed by atoms with van der Waals surface area (Å²) in [6, 6.07) is 0. The number of nitrogens with zero attached hydrogens (tertiary/aromatic N) is 1. The lowest BCUT2D eigenvalue weighted by molar-refractivity contribution is 0.0920. The van der Waals surface area contributed by atoms with E-state index in [2.05, 4.69) is 20.8 Å². The minimum absolute atomic E-state index is 0.127. The van der Waals surface area contributed by atoms with E-state index >= 15 is 0 Å². The molecule has 0 spiro atoms. The van der Waals surface area contributed by atoms with Crippen LogP contribution in [-0.4, -0.2) is 30.7 Å². The van der Waals surface area contributed by atoms with Gasteiger partial charge < -0.3 is 9.64 Å². The van der Waals surface area contributed by atoms with Gasteiger partial charge in [-0.25, -0.2) is 4.79 Å². The normalized spacial score (nSPS) is 17.3. The Morgan fingerprint density at radius 1 is 1.21 bits per heavy atom. The van der Waals surface area contributed by atoms with E-state index in [-0.39, 0.29) is 11.5 Å². The Bertz CT molecular complexity index is 264. The largest absolute Gasteiger partial charge is 0.450 e. The SMILES string of the molecule is CCOC(=O)N(CCC(C)(C)C)CC1CCCCC1. The predicted octanol–water partition coefficient (Wildman–Crippen LogP) is 4.46. The van der Waals surface area contributed by atoms with Crippen molar-refractivity contribution in [2.75, 3.05) is 19.7 Å². The summed E-state index contributed by atoms with van der Waals surface area (Å²) in [7, 11) is 0. The zero-order chi connectivity index (χ0) is 14.3. The Hall–Kier alpha value is -0.730. The minimum atomic E-state index is -0.127. The summed E-state index contributed by atoms with van der Waals surface area (Å²) >= 11 is 0. The molecule has 0 aromatic rings. The number of hydrogen-bond acceptors (Lipinski definition) is 2. The van der Waals surface area contributed by atoms with E-state index in [1.165, 1.54) is 32.1 Å². The molecule has 0 bridgehead atoms. The zero-order valence-electron chi connectivity index (χ0n) is 13.2. The molecule has 0 aliphatic heterocycles. The molecule has 19 heavy (non-hydrogen) atoms. The fourth-order valence-corrected chi connectivity index (χ4v) is 2.62. The molecular weight excluding hydrogens is 238 g/mol. The van der Waals surface area contributed by atoms with Crippen molar-refractivity contribution in [3.63, 3.8) is 0 Å². The minimum Gasteiger partial charge on any atom is -0.450 e. The molecule has 1 aliphatic carbocycles. The van der Waals surface area contributed by atoms with Gasteiger partial charge in [0.1, 0.15) is 0 Å². The van der Waals surface area contributed by atoms with Gasteiger partial charge in [-0.15, -0.1) is 0 Å². The lowest BCUT2D eigenvalue weighted by atomic mass is 9.88. The van der Waals surface area contributed by atoms with Gasteiger partial charge in [-0.05, 0) is 37.5 Å². The van der Waals surface area contributed by atoms with E-state index < -0.39 is 0 Å². The van der Waals surface area contributed by atoms with Crippen molar-refractivity contribution in [2.45, 2.75) is 66.2 Å². The smallest absolute Gasteiger partial charge is 0.409 e. The second-order valence-electron chi connectivity index (χ2n) is 6.96. The molecule has 0 unspecified atom stereocenters. The van der Waals surface area contributed by atoms with E-state index in [4.69, 9.17) is 4.74 Å². The average molecular weight is 269 g/mol. The number of amides is 1. The van der Waals surface area contributed by atoms with Gasteiger partial charge in [0, 0.05) is 13.1 Å². The number of ether oxygens (including phenoxy) is 1. The monoisotopic (exact) mass is 269 g/mol. The van der Waals surface area contributed by atoms with Crippen molar-refractivity contribution >= 4 is 6.09 Å². The molecule has 0 saturated heterocycles. The third kappa shape index (κ3) is 6.84. The maximum atomic E-state index is 12.0. The predicted molar refractivity (Wildman–Crippen MR) is 79.2 cm³/mol. The van der Waals surface area contributed by atoms with E-state index in [0.29, 0.717) is 12.5 Å². The van der Waals surface area contributed by atoms with Crippen molar-refractivity contribution in [2.24, 2.45) is 11.3 Å². The van der Waals surface area contributed by atoms with Crippen LogP contribution in [0.25, 0.3) is 0 Å². The Labute approximate surface area is 118 Å². The molecule has 0 atom stereocenters. The van der Waals surface area contributed by atoms with Crippen molar-refractivity contribution in [3.05, 3.63) is 0 Å². The van der Waals surface area contributed by atoms with E-state index in [0.717, 1.165) is 19.5 Å². The van der Waals surface area contributed by atoms with E-state index in [1.807, 2.05) is 11.8 Å². The molecule has 1 aliphatic rings. The number of carbonyl (C=O) groups excluding carboxylic acids is 1. The summed E-state index contributed by atoms with van der Waals surface area (Å²) in [5, 5.41) is 0. The first-order valence-corrected chi connectivity index (χ1v) is 7.84. The maximum Gasteiger partial charge on any atom is 0.409 e. The Morgan fingerprint density at radius 2 is 1.84 bits per heavy atom. The Balaban J connectivity index is 2.50. The third-order valence-corrected chi connectivity index (χ3v) is 3.86. The number of rotatable bonds is 5. The summed E-state index contributed by atoms with van der Waals surface area (Å²) in [5.74, 6) is 0.679. The summed E-state index contributed by atoms with van der Waals surface area (Å²) in [5.41, 5.74) is 0.261. The highest BCUT2D eigenvalue weighted by molar-refractivity contribution is 5.67. The topological polar surface area (TPSA) is 29.5 Å². The van der Waals surface area contributed by atoms with Gasteiger partial charge in [0.15, 0.2) is 0 Å². The molecule has 1 rings (SSSR count). The van der Waals surface area contributed by atoms with Crippen LogP contribution in [0.2, 0.25) is 0 Å². The number of carbonyl (C=O) groups is 1. The molecule has 0 aromatic heterocycles. The molecule has 1 fully saturated rings. The lowest BCUT2D eigenvalue weighted by Crippen LogP contribution is -2.38. The van der Waals surface area contributed by atoms with Gasteiger partial charge in [-0.1, -0.05) is 40.0 Å². The second-order valence-corrected chi connectivity index (χ2v) is 6.96. The number of hydrogen-bond donors (Lipinski definition) is 0. The Kier molecular flexibility index (Phi) is 6.67. The molecule has 112 valence electrons. The van der Waals surface area contributed by atoms with Gasteiger partial charge in [0.2, 0.25) is 0 Å². The molecular formula is C16H31NO2. The van der Waals surface area contributed by atoms with Gasteiger partial charge in [-0.2, -0.15) is 0 Å². The van der Waals surface area contributed by atoms with Crippen LogP contribution >= 0.6 is 0 Å². The fraction of sp³-hybridized carbons (Fsp3) is 0.938. The van der Waals surface area contributed by atoms with Crippen molar-refractivity contribution in [1.29, 1.82) is 0 Å². The van der Waals surface area contributed by atoms with Crippen molar-refractivity contribution in [1.82, 2.24) is 4.90 Å². The van der Waals surface area contributed by atoms with Gasteiger partial charge in [0.25, 0.3) is 0 Å². The molecule has 3 heteroatoms. The summed E-state index contributed by atoms with van der Waals surface area (Å²) in [4.78, 5) is 14.0. The highest BCUT2D eigenvalue weighted by Gasteiger charge is 2.23. The first-order chi connectivity index (χ1) is 8.92. The Morgan fingerprint density at radius 3 is 2.37 bits per heavy atom. The highest BCUT2D eigenvalue weighted by Crippen LogP contribution is 2.26. The average Bonchev–Trinajstić information content (AvgIpc) is 2.35. The summed E-state index contributed by atoms with van der Waals surface area (Å²) < 4.78 is 5.20. The standard InChI is InChI=1S/C16H31NO2/c1-5-19-15(18)17(12-11-16(2,3)4)13-14-9-7-6-8-10-14/h14H,5-13H2,1-4H3. The maximum absolute atomic E-state index is 12.0. The summed E-state index contributed by atoms with van der Waals surface area (Å²) in [6.07, 6.45) is 7.44. The molecule has 1 amide bonds. The van der Waals surface area contributed by atoms with Crippen LogP contribution in [0.15, 0.2) is 0 Å². The van der Waals surface area contributed by atoms with Crippen LogP contribution in [0, 0.1) is 11.3 Å². The molecule has 3 nitrogen and oxygen atoms in total. The lowest BCUT2D eigenvalue weighted by Gasteiger charge is -2.31. The molecule has 0 radical (unpaired) electrons. The van der Waals surface area contributed by atoms with E-state index in [9.17, 15) is 4.79 Å². The summed E-state index contributed by atoms with van der Waals surface area (Å²) in [6.45, 7) is 10.7. The van der Waals surface area contributed by atoms with Gasteiger partial charge >= 0.3 is 6.09 Å². The van der Waals surface area contributed by atoms with E-state index in [1.54, 1.807) is 0 Å². The highest BCUT2D eigenvalue weighted by atomic mass is 16.6. The van der Waals surface area contributed by atoms with Crippen LogP contribution in [0.5, 0.6) is 0 Å². The molecule has 0 N–H and O–H groups in total. The van der Waals surface area contributed by atoms with Crippen LogP contribution in [0.1, 0.15) is 66.2 Å². The second kappa shape index (κ2) is 7.76. The molecule has 0 heterocycles.